The fourth-order valence-electron chi connectivity index (χ4n) is 3.39. The van der Waals surface area contributed by atoms with E-state index in [0.717, 1.165) is 5.56 Å². The molecule has 2 aromatic carbocycles. The van der Waals surface area contributed by atoms with Crippen LogP contribution >= 0.6 is 0 Å². The maximum atomic E-state index is 14.2. The van der Waals surface area contributed by atoms with Gasteiger partial charge in [-0.3, -0.25) is 9.59 Å². The Balaban J connectivity index is 1.71. The van der Waals surface area contributed by atoms with Crippen LogP contribution < -0.4 is 4.74 Å². The van der Waals surface area contributed by atoms with E-state index in [0.29, 0.717) is 25.8 Å². The van der Waals surface area contributed by atoms with E-state index in [4.69, 9.17) is 4.74 Å². The minimum absolute atomic E-state index is 0.0556. The van der Waals surface area contributed by atoms with Gasteiger partial charge in [0.15, 0.2) is 11.6 Å². The molecule has 4 nitrogen and oxygen atoms in total. The number of amides is 1. The van der Waals surface area contributed by atoms with Crippen LogP contribution in [0.1, 0.15) is 28.8 Å². The highest BCUT2D eigenvalue weighted by atomic mass is 19.2. The number of Topliss-reactive ketones (excluding diaryl/α,β-unsaturated/α-hetero) is 1. The number of halogens is 2. The molecule has 0 N–H and O–H groups in total. The molecule has 0 aliphatic carbocycles. The topological polar surface area (TPSA) is 46.6 Å². The predicted molar refractivity (Wildman–Crippen MR) is 96.7 cm³/mol. The summed E-state index contributed by atoms with van der Waals surface area (Å²) >= 11 is 0. The minimum atomic E-state index is -1.22. The first kappa shape index (κ1) is 19.0. The van der Waals surface area contributed by atoms with Crippen LogP contribution in [0.3, 0.4) is 0 Å². The van der Waals surface area contributed by atoms with Gasteiger partial charge in [0, 0.05) is 25.4 Å². The first-order valence-electron chi connectivity index (χ1n) is 8.89. The summed E-state index contributed by atoms with van der Waals surface area (Å²) in [5.74, 6) is -3.51. The summed E-state index contributed by atoms with van der Waals surface area (Å²) in [6.07, 6.45) is 1.64. The van der Waals surface area contributed by atoms with Gasteiger partial charge in [-0.25, -0.2) is 4.39 Å². The third-order valence-electron chi connectivity index (χ3n) is 4.88. The van der Waals surface area contributed by atoms with Gasteiger partial charge in [-0.2, -0.15) is 4.39 Å². The number of likely N-dealkylation sites (tertiary alicyclic amines) is 1. The number of carbonyl (C=O) groups is 2. The van der Waals surface area contributed by atoms with Crippen molar-refractivity contribution in [1.82, 2.24) is 4.90 Å². The number of piperidine rings is 1. The minimum Gasteiger partial charge on any atom is -0.494 e. The number of hydrogen-bond donors (Lipinski definition) is 0. The highest BCUT2D eigenvalue weighted by molar-refractivity contribution is 5.95. The van der Waals surface area contributed by atoms with Gasteiger partial charge in [0.05, 0.1) is 12.7 Å². The van der Waals surface area contributed by atoms with Gasteiger partial charge < -0.3 is 9.64 Å². The van der Waals surface area contributed by atoms with Crippen molar-refractivity contribution in [3.8, 4) is 5.75 Å². The molecule has 1 aliphatic rings. The molecule has 0 bridgehead atoms. The Morgan fingerprint density at radius 1 is 1.11 bits per heavy atom. The maximum absolute atomic E-state index is 14.2. The summed E-state index contributed by atoms with van der Waals surface area (Å²) in [6, 6.07) is 11.9. The standard InChI is InChI=1S/C21H21F2NO3/c1-27-18-10-9-16(19(22)20(18)23)21(26)24-11-5-8-15(13-24)17(25)12-14-6-3-2-4-7-14/h2-4,6-7,9-10,15H,5,8,11-13H2,1H3/t15-/m1/s1. The molecule has 0 saturated carbocycles. The summed E-state index contributed by atoms with van der Waals surface area (Å²) in [4.78, 5) is 26.7. The fraction of sp³-hybridized carbons (Fsp3) is 0.333. The van der Waals surface area contributed by atoms with Gasteiger partial charge >= 0.3 is 0 Å². The number of ether oxygens (including phenoxy) is 1. The number of nitrogens with zero attached hydrogens (tertiary/aromatic N) is 1. The van der Waals surface area contributed by atoms with E-state index in [2.05, 4.69) is 0 Å². The van der Waals surface area contributed by atoms with Crippen molar-refractivity contribution in [1.29, 1.82) is 0 Å². The van der Waals surface area contributed by atoms with E-state index in [1.165, 1.54) is 24.1 Å². The monoisotopic (exact) mass is 373 g/mol. The number of benzene rings is 2. The van der Waals surface area contributed by atoms with E-state index >= 15 is 0 Å². The van der Waals surface area contributed by atoms with Crippen LogP contribution in [0.2, 0.25) is 0 Å². The zero-order chi connectivity index (χ0) is 19.4. The molecule has 0 radical (unpaired) electrons. The number of ketones is 1. The average Bonchev–Trinajstić information content (AvgIpc) is 2.70. The van der Waals surface area contributed by atoms with E-state index in [1.54, 1.807) is 0 Å². The largest absolute Gasteiger partial charge is 0.494 e. The van der Waals surface area contributed by atoms with Crippen molar-refractivity contribution in [3.05, 3.63) is 65.2 Å². The number of hydrogen-bond acceptors (Lipinski definition) is 3. The fourth-order valence-corrected chi connectivity index (χ4v) is 3.39. The highest BCUT2D eigenvalue weighted by Crippen LogP contribution is 2.26. The number of carbonyl (C=O) groups excluding carboxylic acids is 2. The molecule has 1 amide bonds. The van der Waals surface area contributed by atoms with Crippen LogP contribution in [0.5, 0.6) is 5.75 Å². The summed E-state index contributed by atoms with van der Waals surface area (Å²) in [5, 5.41) is 0. The first-order valence-corrected chi connectivity index (χ1v) is 8.89. The molecule has 1 aliphatic heterocycles. The molecule has 0 aromatic heterocycles. The lowest BCUT2D eigenvalue weighted by molar-refractivity contribution is -0.123. The molecular formula is C21H21F2NO3. The van der Waals surface area contributed by atoms with Crippen molar-refractivity contribution < 1.29 is 23.1 Å². The van der Waals surface area contributed by atoms with Crippen LogP contribution in [0.25, 0.3) is 0 Å². The Labute approximate surface area is 156 Å². The van der Waals surface area contributed by atoms with E-state index < -0.39 is 17.5 Å². The van der Waals surface area contributed by atoms with Crippen molar-refractivity contribution >= 4 is 11.7 Å². The van der Waals surface area contributed by atoms with Gasteiger partial charge in [0.25, 0.3) is 5.91 Å². The van der Waals surface area contributed by atoms with Gasteiger partial charge in [-0.05, 0) is 30.5 Å². The zero-order valence-corrected chi connectivity index (χ0v) is 15.1. The van der Waals surface area contributed by atoms with Crippen molar-refractivity contribution in [2.24, 2.45) is 5.92 Å². The Bertz CT molecular complexity index is 839. The zero-order valence-electron chi connectivity index (χ0n) is 15.1. The summed E-state index contributed by atoms with van der Waals surface area (Å²) in [7, 11) is 1.23. The maximum Gasteiger partial charge on any atom is 0.256 e. The predicted octanol–water partition coefficient (Wildman–Crippen LogP) is 3.64. The molecule has 1 saturated heterocycles. The number of methoxy groups -OCH3 is 1. The van der Waals surface area contributed by atoms with Gasteiger partial charge in [0.2, 0.25) is 5.82 Å². The molecule has 1 heterocycles. The van der Waals surface area contributed by atoms with Crippen LogP contribution in [0.15, 0.2) is 42.5 Å². The van der Waals surface area contributed by atoms with E-state index in [-0.39, 0.29) is 29.6 Å². The normalized spacial score (nSPS) is 16.9. The van der Waals surface area contributed by atoms with Crippen LogP contribution in [0.4, 0.5) is 8.78 Å². The molecule has 6 heteroatoms. The smallest absolute Gasteiger partial charge is 0.256 e. The Kier molecular flexibility index (Phi) is 5.84. The van der Waals surface area contributed by atoms with Crippen molar-refractivity contribution in [2.75, 3.05) is 20.2 Å². The van der Waals surface area contributed by atoms with Crippen molar-refractivity contribution in [2.45, 2.75) is 19.3 Å². The third kappa shape index (κ3) is 4.15. The highest BCUT2D eigenvalue weighted by Gasteiger charge is 2.30. The SMILES string of the molecule is COc1ccc(C(=O)N2CCC[C@@H](C(=O)Cc3ccccc3)C2)c(F)c1F. The quantitative estimate of drug-likeness (QED) is 0.804. The average molecular weight is 373 g/mol. The van der Waals surface area contributed by atoms with Gasteiger partial charge in [0.1, 0.15) is 5.78 Å². The molecule has 2 aromatic rings. The van der Waals surface area contributed by atoms with Crippen LogP contribution in [-0.4, -0.2) is 36.8 Å². The second-order valence-corrected chi connectivity index (χ2v) is 6.66. The summed E-state index contributed by atoms with van der Waals surface area (Å²) in [6.45, 7) is 0.638. The Morgan fingerprint density at radius 2 is 1.85 bits per heavy atom. The van der Waals surface area contributed by atoms with Crippen LogP contribution in [-0.2, 0) is 11.2 Å². The lowest BCUT2D eigenvalue weighted by Crippen LogP contribution is -2.43. The Morgan fingerprint density at radius 3 is 2.56 bits per heavy atom. The summed E-state index contributed by atoms with van der Waals surface area (Å²) < 4.78 is 32.9. The van der Waals surface area contributed by atoms with Gasteiger partial charge in [-0.1, -0.05) is 30.3 Å². The second-order valence-electron chi connectivity index (χ2n) is 6.66. The first-order chi connectivity index (χ1) is 13.0. The lowest BCUT2D eigenvalue weighted by atomic mass is 9.90. The molecule has 27 heavy (non-hydrogen) atoms. The van der Waals surface area contributed by atoms with Crippen LogP contribution in [0, 0.1) is 17.6 Å². The molecule has 142 valence electrons. The molecule has 3 rings (SSSR count). The van der Waals surface area contributed by atoms with Gasteiger partial charge in [-0.15, -0.1) is 0 Å². The van der Waals surface area contributed by atoms with E-state index in [1.807, 2.05) is 30.3 Å². The molecule has 0 spiro atoms. The third-order valence-corrected chi connectivity index (χ3v) is 4.88. The molecule has 1 fully saturated rings. The molecular weight excluding hydrogens is 352 g/mol. The second kappa shape index (κ2) is 8.29. The Hall–Kier alpha value is -2.76. The number of rotatable bonds is 5. The summed E-state index contributed by atoms with van der Waals surface area (Å²) in [5.41, 5.74) is 0.582. The van der Waals surface area contributed by atoms with E-state index in [9.17, 15) is 18.4 Å². The molecule has 0 unspecified atom stereocenters. The lowest BCUT2D eigenvalue weighted by Gasteiger charge is -2.32. The van der Waals surface area contributed by atoms with Crippen molar-refractivity contribution in [3.63, 3.8) is 0 Å². The molecule has 1 atom stereocenters.